The first kappa shape index (κ1) is 42.2. The number of rotatable bonds is 7. The molecule has 9 aliphatic rings. The Bertz CT molecular complexity index is 1760. The zero-order valence-electron chi connectivity index (χ0n) is 38.3. The molecule has 0 aromatic carbocycles. The molecule has 0 aromatic heterocycles. The molecule has 0 spiro atoms. The average molecular weight is 819 g/mol. The van der Waals surface area contributed by atoms with E-state index in [4.69, 9.17) is 9.47 Å². The second-order valence-corrected chi connectivity index (χ2v) is 25.0. The summed E-state index contributed by atoms with van der Waals surface area (Å²) in [7, 11) is 0. The van der Waals surface area contributed by atoms with Crippen molar-refractivity contribution in [1.29, 1.82) is 0 Å². The minimum absolute atomic E-state index is 0.0204. The van der Waals surface area contributed by atoms with Gasteiger partial charge in [-0.3, -0.25) is 19.2 Å². The maximum atomic E-state index is 15.2. The van der Waals surface area contributed by atoms with Gasteiger partial charge in [0.05, 0.1) is 30.5 Å². The third-order valence-electron chi connectivity index (χ3n) is 22.1. The van der Waals surface area contributed by atoms with Gasteiger partial charge in [-0.1, -0.05) is 69.2 Å². The van der Waals surface area contributed by atoms with Gasteiger partial charge in [-0.25, -0.2) is 0 Å². The van der Waals surface area contributed by atoms with Gasteiger partial charge in [0.1, 0.15) is 6.10 Å². The highest BCUT2D eigenvalue weighted by Gasteiger charge is 2.74. The second kappa shape index (κ2) is 13.4. The molecule has 1 aliphatic heterocycles. The zero-order valence-corrected chi connectivity index (χ0v) is 38.3. The van der Waals surface area contributed by atoms with Crippen LogP contribution >= 0.6 is 0 Å². The Morgan fingerprint density at radius 3 is 1.97 bits per heavy atom. The lowest BCUT2D eigenvalue weighted by Crippen LogP contribution is -2.69. The molecule has 0 unspecified atom stereocenters. The molecule has 9 nitrogen and oxygen atoms in total. The summed E-state index contributed by atoms with van der Waals surface area (Å²) in [6.45, 7) is 25.9. The van der Waals surface area contributed by atoms with Crippen LogP contribution in [0.25, 0.3) is 0 Å². The number of ether oxygens (including phenoxy) is 2. The summed E-state index contributed by atoms with van der Waals surface area (Å²) in [5.41, 5.74) is -0.600. The molecule has 8 saturated carbocycles. The number of carbonyl (C=O) groups is 4. The van der Waals surface area contributed by atoms with Crippen molar-refractivity contribution in [2.75, 3.05) is 26.3 Å². The van der Waals surface area contributed by atoms with E-state index in [1.807, 2.05) is 18.7 Å². The van der Waals surface area contributed by atoms with Gasteiger partial charge in [-0.05, 0) is 152 Å². The smallest absolute Gasteiger partial charge is 0.309 e. The first-order chi connectivity index (χ1) is 27.5. The van der Waals surface area contributed by atoms with Crippen molar-refractivity contribution in [3.63, 3.8) is 0 Å². The Kier molecular flexibility index (Phi) is 9.59. The van der Waals surface area contributed by atoms with Crippen molar-refractivity contribution in [3.05, 3.63) is 0 Å². The lowest BCUT2D eigenvalue weighted by atomic mass is 9.32. The minimum Gasteiger partial charge on any atom is -0.481 e. The van der Waals surface area contributed by atoms with Gasteiger partial charge >= 0.3 is 11.9 Å². The Morgan fingerprint density at radius 1 is 0.644 bits per heavy atom. The first-order valence-electron chi connectivity index (χ1n) is 24.1. The summed E-state index contributed by atoms with van der Waals surface area (Å²) in [6.07, 6.45) is 14.4. The van der Waals surface area contributed by atoms with Gasteiger partial charge in [0, 0.05) is 30.5 Å². The maximum Gasteiger partial charge on any atom is 0.309 e. The molecule has 8 aliphatic carbocycles. The number of carbonyl (C=O) groups excluding carboxylic acids is 3. The molecule has 330 valence electrons. The summed E-state index contributed by atoms with van der Waals surface area (Å²) in [5.74, 6) is 1.10. The van der Waals surface area contributed by atoms with Crippen LogP contribution < -0.4 is 5.32 Å². The summed E-state index contributed by atoms with van der Waals surface area (Å²) in [6, 6.07) is 0.0204. The molecule has 0 bridgehead atoms. The van der Waals surface area contributed by atoms with Gasteiger partial charge in [-0.15, -0.1) is 0 Å². The Labute approximate surface area is 355 Å². The number of amides is 2. The minimum atomic E-state index is -0.816. The van der Waals surface area contributed by atoms with Crippen LogP contribution in [0, 0.1) is 90.7 Å². The third-order valence-corrected chi connectivity index (χ3v) is 22.1. The second-order valence-electron chi connectivity index (χ2n) is 25.0. The van der Waals surface area contributed by atoms with E-state index in [9.17, 15) is 19.5 Å². The number of esters is 1. The van der Waals surface area contributed by atoms with Crippen LogP contribution in [-0.4, -0.2) is 72.2 Å². The molecule has 9 heteroatoms. The molecule has 1 heterocycles. The SMILES string of the molecule is CC1([C@@H]2CC[C@]3(C(=O)N[C@@H]4C[C@H](C(=O)N5CCOCC5)C4(C)C)CC[C@]4(C)[C@H](CC[C@@H]5[C@@]6(C)CC[C@H](OC(=O)[C@H]7C[C@@H](C(=O)O)C7(C)C)C(C)(C)[C@@H]6CC[C@]54C)[C@@H]23)CC1. The van der Waals surface area contributed by atoms with E-state index in [-0.39, 0.29) is 68.3 Å². The number of hydrogen-bond acceptors (Lipinski definition) is 6. The molecular formula is C50H78N2O7. The highest BCUT2D eigenvalue weighted by molar-refractivity contribution is 5.86. The molecule has 0 aromatic rings. The quantitative estimate of drug-likeness (QED) is 0.246. The standard InChI is InChI=1S/C50H78N2O7/c1-43(2)32(40(54)55)27-33(43)41(56)59-37-15-16-47(8)34(45(37,5)6)14-17-49(10)35(47)12-11-30-38-29(46(7)19-20-46)13-18-50(38,22-21-48(30,49)9)42(57)51-36-28-31(44(36,3)4)39(53)52-23-25-58-26-24-52/h29-38H,11-28H2,1-10H3,(H,51,57)(H,54,55)/t29-,30-,31-,32+,33-,34+,35-,36-,37+,38-,47+,48-,49-,50+/m1/s1. The van der Waals surface area contributed by atoms with Gasteiger partial charge in [0.25, 0.3) is 0 Å². The van der Waals surface area contributed by atoms with Crippen LogP contribution in [-0.2, 0) is 28.7 Å². The van der Waals surface area contributed by atoms with Crippen LogP contribution in [0.3, 0.4) is 0 Å². The van der Waals surface area contributed by atoms with Crippen molar-refractivity contribution in [2.45, 2.75) is 171 Å². The fraction of sp³-hybridized carbons (Fsp3) is 0.920. The third kappa shape index (κ3) is 5.75. The molecular weight excluding hydrogens is 741 g/mol. The first-order valence-corrected chi connectivity index (χ1v) is 24.1. The molecule has 1 saturated heterocycles. The summed E-state index contributed by atoms with van der Waals surface area (Å²) in [4.78, 5) is 56.3. The van der Waals surface area contributed by atoms with Crippen LogP contribution in [0.2, 0.25) is 0 Å². The Morgan fingerprint density at radius 2 is 1.34 bits per heavy atom. The van der Waals surface area contributed by atoms with E-state index in [0.29, 0.717) is 73.6 Å². The fourth-order valence-corrected chi connectivity index (χ4v) is 17.4. The number of nitrogens with zero attached hydrogens (tertiary/aromatic N) is 1. The summed E-state index contributed by atoms with van der Waals surface area (Å²) < 4.78 is 12.0. The van der Waals surface area contributed by atoms with E-state index in [2.05, 4.69) is 60.7 Å². The molecule has 9 fully saturated rings. The molecule has 9 rings (SSSR count). The van der Waals surface area contributed by atoms with Crippen LogP contribution in [0.4, 0.5) is 0 Å². The fourth-order valence-electron chi connectivity index (χ4n) is 17.4. The predicted octanol–water partition coefficient (Wildman–Crippen LogP) is 8.92. The number of hydrogen-bond donors (Lipinski definition) is 2. The molecule has 14 atom stereocenters. The number of carboxylic acid groups (broad SMARTS) is 1. The lowest BCUT2D eigenvalue weighted by molar-refractivity contribution is -0.252. The number of nitrogens with one attached hydrogen (secondary N) is 1. The normalized spacial score (nSPS) is 48.3. The summed E-state index contributed by atoms with van der Waals surface area (Å²) in [5, 5.41) is 13.4. The van der Waals surface area contributed by atoms with Gasteiger partial charge in [0.15, 0.2) is 0 Å². The van der Waals surface area contributed by atoms with Crippen molar-refractivity contribution in [1.82, 2.24) is 10.2 Å². The van der Waals surface area contributed by atoms with Crippen LogP contribution in [0.1, 0.15) is 159 Å². The monoisotopic (exact) mass is 819 g/mol. The van der Waals surface area contributed by atoms with E-state index < -0.39 is 17.3 Å². The Balaban J connectivity index is 0.938. The van der Waals surface area contributed by atoms with E-state index >= 15 is 4.79 Å². The predicted molar refractivity (Wildman–Crippen MR) is 226 cm³/mol. The largest absolute Gasteiger partial charge is 0.481 e. The molecule has 0 radical (unpaired) electrons. The summed E-state index contributed by atoms with van der Waals surface area (Å²) >= 11 is 0. The number of morpholine rings is 1. The maximum absolute atomic E-state index is 15.2. The van der Waals surface area contributed by atoms with Gasteiger partial charge in [0.2, 0.25) is 11.8 Å². The molecule has 2 N–H and O–H groups in total. The average Bonchev–Trinajstić information content (AvgIpc) is 3.78. The van der Waals surface area contributed by atoms with Gasteiger partial charge < -0.3 is 24.8 Å². The van der Waals surface area contributed by atoms with E-state index in [1.165, 1.54) is 32.1 Å². The van der Waals surface area contributed by atoms with E-state index in [0.717, 1.165) is 51.4 Å². The van der Waals surface area contributed by atoms with Crippen molar-refractivity contribution >= 4 is 23.8 Å². The van der Waals surface area contributed by atoms with Crippen molar-refractivity contribution in [2.24, 2.45) is 90.7 Å². The topological polar surface area (TPSA) is 122 Å². The van der Waals surface area contributed by atoms with E-state index in [1.54, 1.807) is 0 Å². The van der Waals surface area contributed by atoms with Crippen LogP contribution in [0.15, 0.2) is 0 Å². The Hall–Kier alpha value is -2.16. The number of aliphatic carboxylic acids is 1. The van der Waals surface area contributed by atoms with Gasteiger partial charge in [-0.2, -0.15) is 0 Å². The van der Waals surface area contributed by atoms with Crippen LogP contribution in [0.5, 0.6) is 0 Å². The number of fused-ring (bicyclic) bond motifs is 7. The molecule has 59 heavy (non-hydrogen) atoms. The highest BCUT2D eigenvalue weighted by Crippen LogP contribution is 2.79. The molecule has 2 amide bonds. The zero-order chi connectivity index (χ0) is 42.5. The lowest BCUT2D eigenvalue weighted by Gasteiger charge is -2.73. The highest BCUT2D eigenvalue weighted by atomic mass is 16.5. The number of carboxylic acids is 1. The van der Waals surface area contributed by atoms with Crippen molar-refractivity contribution < 1.29 is 33.8 Å². The van der Waals surface area contributed by atoms with Crippen molar-refractivity contribution in [3.8, 4) is 0 Å².